The van der Waals surface area contributed by atoms with Crippen LogP contribution in [0.2, 0.25) is 0 Å². The minimum absolute atomic E-state index is 0.0469. The van der Waals surface area contributed by atoms with Crippen LogP contribution in [0.3, 0.4) is 0 Å². The molecule has 0 saturated heterocycles. The minimum Gasteiger partial charge on any atom is -0.310 e. The fourth-order valence-electron chi connectivity index (χ4n) is 10.8. The second-order valence-corrected chi connectivity index (χ2v) is 18.0. The summed E-state index contributed by atoms with van der Waals surface area (Å²) in [4.78, 5) is 2.44. The lowest BCUT2D eigenvalue weighted by atomic mass is 9.77. The van der Waals surface area contributed by atoms with E-state index >= 15 is 0 Å². The van der Waals surface area contributed by atoms with Crippen molar-refractivity contribution in [3.63, 3.8) is 0 Å². The smallest absolute Gasteiger partial charge is 0.0465 e. The molecule has 0 heterocycles. The van der Waals surface area contributed by atoms with Crippen molar-refractivity contribution in [1.29, 1.82) is 0 Å². The molecule has 8 aromatic rings. The second-order valence-electron chi connectivity index (χ2n) is 18.0. The minimum atomic E-state index is -0.229. The maximum Gasteiger partial charge on any atom is 0.0465 e. The van der Waals surface area contributed by atoms with Gasteiger partial charge in [0.05, 0.1) is 0 Å². The van der Waals surface area contributed by atoms with E-state index in [0.717, 1.165) is 17.1 Å². The van der Waals surface area contributed by atoms with E-state index in [0.29, 0.717) is 0 Å². The molecule has 0 saturated carbocycles. The van der Waals surface area contributed by atoms with Gasteiger partial charge in [-0.05, 0) is 151 Å². The average Bonchev–Trinajstić information content (AvgIpc) is 3.66. The molecule has 1 nitrogen and oxygen atoms in total. The molecular weight excluding hydrogens is 711 g/mol. The zero-order chi connectivity index (χ0) is 39.9. The molecule has 0 atom stereocenters. The van der Waals surface area contributed by atoms with Gasteiger partial charge in [-0.3, -0.25) is 0 Å². The van der Waals surface area contributed by atoms with Gasteiger partial charge in [0.2, 0.25) is 0 Å². The number of fused-ring (bicyclic) bond motifs is 7. The highest BCUT2D eigenvalue weighted by Gasteiger charge is 2.41. The van der Waals surface area contributed by atoms with E-state index in [4.69, 9.17) is 0 Å². The predicted molar refractivity (Wildman–Crippen MR) is 249 cm³/mol. The molecule has 286 valence electrons. The molecule has 8 aromatic carbocycles. The molecule has 0 fully saturated rings. The van der Waals surface area contributed by atoms with Gasteiger partial charge in [0.1, 0.15) is 0 Å². The molecule has 3 aliphatic rings. The Labute approximate surface area is 349 Å². The second kappa shape index (κ2) is 13.6. The number of rotatable bonds is 6. The van der Waals surface area contributed by atoms with Crippen LogP contribution < -0.4 is 4.90 Å². The largest absolute Gasteiger partial charge is 0.310 e. The van der Waals surface area contributed by atoms with Gasteiger partial charge in [-0.1, -0.05) is 167 Å². The zero-order valence-electron chi connectivity index (χ0n) is 34.5. The van der Waals surface area contributed by atoms with Crippen LogP contribution in [-0.4, -0.2) is 0 Å². The maximum atomic E-state index is 2.47. The Morgan fingerprint density at radius 1 is 0.356 bits per heavy atom. The van der Waals surface area contributed by atoms with Crippen LogP contribution in [0.4, 0.5) is 17.1 Å². The molecule has 0 amide bonds. The van der Waals surface area contributed by atoms with Gasteiger partial charge < -0.3 is 4.90 Å². The lowest BCUT2D eigenvalue weighted by Gasteiger charge is -2.29. The summed E-state index contributed by atoms with van der Waals surface area (Å²) in [5, 5.41) is 0. The molecule has 0 aliphatic heterocycles. The summed E-state index contributed by atoms with van der Waals surface area (Å²) in [6.45, 7) is 9.61. The van der Waals surface area contributed by atoms with E-state index in [2.05, 4.69) is 209 Å². The summed E-state index contributed by atoms with van der Waals surface area (Å²) in [6.07, 6.45) is 4.99. The standard InChI is InChI=1S/C58H49N/c1-57(2)52-22-11-10-18-51(52)55-48(19-13-23-53(55)57)50-21-12-20-49-47-35-34-46(37-54(47)58(3,4)56(49)50)59(44-30-26-40(27-31-44)38-14-6-5-7-15-38)45-32-28-41(29-33-45)43-25-24-39-16-8-9-17-42(39)36-43/h5-7,10-15,18-37H,8-9,16-17H2,1-4H3. The fourth-order valence-corrected chi connectivity index (χ4v) is 10.8. The number of anilines is 3. The van der Waals surface area contributed by atoms with E-state index in [1.165, 1.54) is 115 Å². The van der Waals surface area contributed by atoms with E-state index in [-0.39, 0.29) is 10.8 Å². The summed E-state index contributed by atoms with van der Waals surface area (Å²) in [7, 11) is 0. The molecule has 11 rings (SSSR count). The third-order valence-electron chi connectivity index (χ3n) is 13.9. The van der Waals surface area contributed by atoms with Crippen LogP contribution in [-0.2, 0) is 23.7 Å². The van der Waals surface area contributed by atoms with Gasteiger partial charge in [-0.2, -0.15) is 0 Å². The van der Waals surface area contributed by atoms with Crippen molar-refractivity contribution >= 4 is 17.1 Å². The maximum absolute atomic E-state index is 2.47. The SMILES string of the molecule is CC1(C)c2ccccc2-c2c(-c3cccc4c3C(C)(C)c3cc(N(c5ccc(-c6ccccc6)cc5)c5ccc(-c6ccc7c(c6)CCCC7)cc5)ccc3-4)cccc21. The molecule has 0 N–H and O–H groups in total. The van der Waals surface area contributed by atoms with Gasteiger partial charge in [0, 0.05) is 27.9 Å². The summed E-state index contributed by atoms with van der Waals surface area (Å²) in [6, 6.07) is 66.2. The Kier molecular flexibility index (Phi) is 8.21. The third-order valence-corrected chi connectivity index (χ3v) is 13.9. The predicted octanol–water partition coefficient (Wildman–Crippen LogP) is 15.6. The third kappa shape index (κ3) is 5.66. The lowest BCUT2D eigenvalue weighted by Crippen LogP contribution is -2.18. The number of aryl methyl sites for hydroxylation is 2. The normalized spacial score (nSPS) is 15.1. The molecular formula is C58H49N. The van der Waals surface area contributed by atoms with Crippen molar-refractivity contribution in [1.82, 2.24) is 0 Å². The highest BCUT2D eigenvalue weighted by molar-refractivity contribution is 5.97. The monoisotopic (exact) mass is 759 g/mol. The first-order valence-corrected chi connectivity index (χ1v) is 21.5. The van der Waals surface area contributed by atoms with Crippen LogP contribution >= 0.6 is 0 Å². The first-order chi connectivity index (χ1) is 28.8. The first kappa shape index (κ1) is 35.7. The summed E-state index contributed by atoms with van der Waals surface area (Å²) >= 11 is 0. The van der Waals surface area contributed by atoms with Crippen molar-refractivity contribution in [3.05, 3.63) is 209 Å². The van der Waals surface area contributed by atoms with E-state index in [1.807, 2.05) is 0 Å². The van der Waals surface area contributed by atoms with Gasteiger partial charge >= 0.3 is 0 Å². The Hall–Kier alpha value is -6.44. The van der Waals surface area contributed by atoms with E-state index < -0.39 is 0 Å². The van der Waals surface area contributed by atoms with Gasteiger partial charge in [-0.15, -0.1) is 0 Å². The Bertz CT molecular complexity index is 2910. The number of hydrogen-bond donors (Lipinski definition) is 0. The Morgan fingerprint density at radius 3 is 1.64 bits per heavy atom. The molecule has 0 aromatic heterocycles. The Morgan fingerprint density at radius 2 is 0.898 bits per heavy atom. The van der Waals surface area contributed by atoms with Crippen LogP contribution in [0.1, 0.15) is 73.9 Å². The van der Waals surface area contributed by atoms with Crippen LogP contribution in [0.25, 0.3) is 55.6 Å². The lowest BCUT2D eigenvalue weighted by molar-refractivity contribution is 0.659. The zero-order valence-corrected chi connectivity index (χ0v) is 34.5. The molecule has 0 spiro atoms. The van der Waals surface area contributed by atoms with Crippen LogP contribution in [0.15, 0.2) is 176 Å². The van der Waals surface area contributed by atoms with Crippen molar-refractivity contribution in [2.24, 2.45) is 0 Å². The van der Waals surface area contributed by atoms with Crippen molar-refractivity contribution in [2.45, 2.75) is 64.2 Å². The summed E-state index contributed by atoms with van der Waals surface area (Å²) in [5.74, 6) is 0. The van der Waals surface area contributed by atoms with Gasteiger partial charge in [-0.25, -0.2) is 0 Å². The highest BCUT2D eigenvalue weighted by Crippen LogP contribution is 2.57. The summed E-state index contributed by atoms with van der Waals surface area (Å²) in [5.41, 5.74) is 24.9. The van der Waals surface area contributed by atoms with Crippen molar-refractivity contribution in [2.75, 3.05) is 4.90 Å². The van der Waals surface area contributed by atoms with Crippen LogP contribution in [0.5, 0.6) is 0 Å². The van der Waals surface area contributed by atoms with Crippen molar-refractivity contribution < 1.29 is 0 Å². The molecule has 3 aliphatic carbocycles. The van der Waals surface area contributed by atoms with Gasteiger partial charge in [0.25, 0.3) is 0 Å². The average molecular weight is 760 g/mol. The van der Waals surface area contributed by atoms with E-state index in [1.54, 1.807) is 0 Å². The quantitative estimate of drug-likeness (QED) is 0.163. The van der Waals surface area contributed by atoms with E-state index in [9.17, 15) is 0 Å². The highest BCUT2D eigenvalue weighted by atomic mass is 15.1. The molecule has 59 heavy (non-hydrogen) atoms. The van der Waals surface area contributed by atoms with Gasteiger partial charge in [0.15, 0.2) is 0 Å². The number of benzene rings is 8. The number of nitrogens with zero attached hydrogens (tertiary/aromatic N) is 1. The fraction of sp³-hybridized carbons (Fsp3) is 0.172. The number of hydrogen-bond acceptors (Lipinski definition) is 1. The molecule has 0 bridgehead atoms. The summed E-state index contributed by atoms with van der Waals surface area (Å²) < 4.78 is 0. The molecule has 0 radical (unpaired) electrons. The molecule has 1 heteroatoms. The van der Waals surface area contributed by atoms with Crippen LogP contribution in [0, 0.1) is 0 Å². The first-order valence-electron chi connectivity index (χ1n) is 21.5. The Balaban J connectivity index is 1.02. The molecule has 0 unspecified atom stereocenters. The topological polar surface area (TPSA) is 3.24 Å². The van der Waals surface area contributed by atoms with Crippen molar-refractivity contribution in [3.8, 4) is 55.6 Å².